The van der Waals surface area contributed by atoms with Crippen molar-refractivity contribution in [1.82, 2.24) is 19.9 Å². The van der Waals surface area contributed by atoms with Crippen LogP contribution < -0.4 is 5.43 Å². The Hall–Kier alpha value is -3.75. The number of anilines is 1. The summed E-state index contributed by atoms with van der Waals surface area (Å²) in [6, 6.07) is 11.5. The second kappa shape index (κ2) is 9.84. The fourth-order valence-corrected chi connectivity index (χ4v) is 3.30. The number of aryl methyl sites for hydroxylation is 1. The van der Waals surface area contributed by atoms with Crippen LogP contribution in [0.25, 0.3) is 11.4 Å². The van der Waals surface area contributed by atoms with Gasteiger partial charge in [0.2, 0.25) is 0 Å². The Balaban J connectivity index is 1.73. The SMILES string of the molecule is CCN(C(=O)c1cc(C)ccc1N/N=C\C=N)[C@@H](C)Cn1nc(-c2ccc(F)cc2)[nH]1. The van der Waals surface area contributed by atoms with E-state index in [1.807, 2.05) is 32.9 Å². The summed E-state index contributed by atoms with van der Waals surface area (Å²) in [6.07, 6.45) is 2.37. The third-order valence-corrected chi connectivity index (χ3v) is 4.88. The van der Waals surface area contributed by atoms with Crippen molar-refractivity contribution < 1.29 is 9.18 Å². The first kappa shape index (κ1) is 21.9. The average molecular weight is 423 g/mol. The Labute approximate surface area is 180 Å². The van der Waals surface area contributed by atoms with Gasteiger partial charge in [0, 0.05) is 18.3 Å². The smallest absolute Gasteiger partial charge is 0.256 e. The van der Waals surface area contributed by atoms with Gasteiger partial charge in [-0.1, -0.05) is 11.6 Å². The van der Waals surface area contributed by atoms with Gasteiger partial charge in [-0.2, -0.15) is 5.10 Å². The number of halogens is 1. The number of carbonyl (C=O) groups excluding carboxylic acids is 1. The van der Waals surface area contributed by atoms with Gasteiger partial charge >= 0.3 is 0 Å². The van der Waals surface area contributed by atoms with Crippen molar-refractivity contribution in [3.05, 3.63) is 59.4 Å². The van der Waals surface area contributed by atoms with Crippen LogP contribution in [0.2, 0.25) is 0 Å². The van der Waals surface area contributed by atoms with Gasteiger partial charge in [0.25, 0.3) is 5.91 Å². The molecule has 1 atom stereocenters. The van der Waals surface area contributed by atoms with Crippen LogP contribution in [0.5, 0.6) is 0 Å². The Bertz CT molecular complexity index is 1060. The normalized spacial score (nSPS) is 12.1. The maximum atomic E-state index is 13.3. The lowest BCUT2D eigenvalue weighted by atomic mass is 10.1. The molecule has 0 saturated carbocycles. The summed E-state index contributed by atoms with van der Waals surface area (Å²) in [5, 5.41) is 18.5. The third-order valence-electron chi connectivity index (χ3n) is 4.88. The first-order chi connectivity index (χ1) is 14.9. The van der Waals surface area contributed by atoms with E-state index in [9.17, 15) is 9.18 Å². The zero-order valence-electron chi connectivity index (χ0n) is 17.8. The number of aromatic amines is 1. The predicted molar refractivity (Wildman–Crippen MR) is 120 cm³/mol. The van der Waals surface area contributed by atoms with Crippen LogP contribution in [0.4, 0.5) is 10.1 Å². The lowest BCUT2D eigenvalue weighted by molar-refractivity contribution is 0.0678. The summed E-state index contributed by atoms with van der Waals surface area (Å²) in [6.45, 7) is 6.84. The standard InChI is InChI=1S/C22H26FN7O/c1-4-29(22(31)19-13-15(2)5-10-20(19)26-25-12-11-24)16(3)14-30-27-21(28-30)17-6-8-18(23)9-7-17/h5-13,16,24,26H,4,14H2,1-3H3,(H,27,28)/b24-11?,25-12-/t16-/m0/s1. The lowest BCUT2D eigenvalue weighted by Crippen LogP contribution is -2.42. The molecule has 3 aromatic rings. The minimum atomic E-state index is -0.292. The molecule has 2 aromatic carbocycles. The number of carbonyl (C=O) groups is 1. The van der Waals surface area contributed by atoms with Crippen molar-refractivity contribution in [2.24, 2.45) is 5.10 Å². The van der Waals surface area contributed by atoms with Crippen molar-refractivity contribution in [1.29, 1.82) is 5.41 Å². The summed E-state index contributed by atoms with van der Waals surface area (Å²) in [5.74, 6) is 0.255. The number of amides is 1. The fraction of sp³-hybridized carbons (Fsp3) is 0.273. The summed E-state index contributed by atoms with van der Waals surface area (Å²) in [7, 11) is 0. The molecule has 0 saturated heterocycles. The Kier molecular flexibility index (Phi) is 6.96. The molecule has 0 radical (unpaired) electrons. The maximum absolute atomic E-state index is 13.3. The molecule has 31 heavy (non-hydrogen) atoms. The van der Waals surface area contributed by atoms with Crippen molar-refractivity contribution in [2.45, 2.75) is 33.4 Å². The maximum Gasteiger partial charge on any atom is 0.256 e. The number of nitrogens with zero attached hydrogens (tertiary/aromatic N) is 4. The molecule has 3 N–H and O–H groups in total. The van der Waals surface area contributed by atoms with E-state index in [1.165, 1.54) is 18.3 Å². The van der Waals surface area contributed by atoms with Crippen LogP contribution >= 0.6 is 0 Å². The summed E-state index contributed by atoms with van der Waals surface area (Å²) in [5.41, 5.74) is 5.69. The van der Waals surface area contributed by atoms with Crippen LogP contribution in [-0.4, -0.2) is 50.8 Å². The van der Waals surface area contributed by atoms with Crippen molar-refractivity contribution in [2.75, 3.05) is 12.0 Å². The molecule has 0 aliphatic carbocycles. The Morgan fingerprint density at radius 2 is 2.06 bits per heavy atom. The summed E-state index contributed by atoms with van der Waals surface area (Å²) < 4.78 is 13.1. The molecule has 0 aliphatic heterocycles. The van der Waals surface area contributed by atoms with Crippen molar-refractivity contribution in [3.8, 4) is 11.4 Å². The quantitative estimate of drug-likeness (QED) is 0.359. The van der Waals surface area contributed by atoms with Gasteiger partial charge in [-0.25, -0.2) is 9.19 Å². The molecule has 0 aliphatic rings. The minimum absolute atomic E-state index is 0.116. The van der Waals surface area contributed by atoms with Crippen LogP contribution in [0.1, 0.15) is 29.8 Å². The van der Waals surface area contributed by atoms with Gasteiger partial charge in [-0.3, -0.25) is 15.3 Å². The van der Waals surface area contributed by atoms with E-state index < -0.39 is 0 Å². The number of hydrazone groups is 1. The molecule has 162 valence electrons. The molecule has 0 unspecified atom stereocenters. The first-order valence-electron chi connectivity index (χ1n) is 10.0. The van der Waals surface area contributed by atoms with E-state index in [-0.39, 0.29) is 17.8 Å². The van der Waals surface area contributed by atoms with Crippen LogP contribution in [0.15, 0.2) is 47.6 Å². The first-order valence-corrected chi connectivity index (χ1v) is 10.0. The van der Waals surface area contributed by atoms with Gasteiger partial charge in [0.05, 0.1) is 30.1 Å². The van der Waals surface area contributed by atoms with Gasteiger partial charge in [0.1, 0.15) is 5.82 Å². The molecule has 3 rings (SSSR count). The third kappa shape index (κ3) is 5.25. The number of nitrogens with one attached hydrogen (secondary N) is 3. The molecule has 0 bridgehead atoms. The molecule has 0 spiro atoms. The van der Waals surface area contributed by atoms with Gasteiger partial charge in [-0.15, -0.1) is 5.10 Å². The van der Waals surface area contributed by atoms with E-state index in [0.717, 1.165) is 17.3 Å². The Morgan fingerprint density at radius 3 is 2.71 bits per heavy atom. The second-order valence-corrected chi connectivity index (χ2v) is 7.20. The van der Waals surface area contributed by atoms with E-state index in [2.05, 4.69) is 20.7 Å². The largest absolute Gasteiger partial charge is 0.334 e. The highest BCUT2D eigenvalue weighted by Crippen LogP contribution is 2.21. The van der Waals surface area contributed by atoms with Crippen LogP contribution in [0, 0.1) is 18.2 Å². The molecule has 0 fully saturated rings. The van der Waals surface area contributed by atoms with E-state index in [4.69, 9.17) is 5.41 Å². The number of hydrogen-bond donors (Lipinski definition) is 3. The number of likely N-dealkylation sites (N-methyl/N-ethyl adjacent to an activating group) is 1. The Morgan fingerprint density at radius 1 is 1.35 bits per heavy atom. The molecular weight excluding hydrogens is 397 g/mol. The van der Waals surface area contributed by atoms with Gasteiger partial charge in [-0.05, 0) is 57.2 Å². The molecular formula is C22H26FN7O. The topological polar surface area (TPSA) is 102 Å². The minimum Gasteiger partial charge on any atom is -0.334 e. The molecule has 9 heteroatoms. The monoisotopic (exact) mass is 423 g/mol. The second-order valence-electron chi connectivity index (χ2n) is 7.20. The number of H-pyrrole nitrogens is 1. The molecule has 1 heterocycles. The molecule has 8 nitrogen and oxygen atoms in total. The van der Waals surface area contributed by atoms with Crippen LogP contribution in [-0.2, 0) is 6.54 Å². The zero-order valence-corrected chi connectivity index (χ0v) is 17.8. The number of rotatable bonds is 9. The highest BCUT2D eigenvalue weighted by atomic mass is 19.1. The van der Waals surface area contributed by atoms with E-state index in [0.29, 0.717) is 30.2 Å². The summed E-state index contributed by atoms with van der Waals surface area (Å²) >= 11 is 0. The highest BCUT2D eigenvalue weighted by Gasteiger charge is 2.24. The highest BCUT2D eigenvalue weighted by molar-refractivity contribution is 6.14. The predicted octanol–water partition coefficient (Wildman–Crippen LogP) is 3.92. The average Bonchev–Trinajstić information content (AvgIpc) is 2.73. The zero-order chi connectivity index (χ0) is 22.4. The van der Waals surface area contributed by atoms with Gasteiger partial charge in [0.15, 0.2) is 5.82 Å². The fourth-order valence-electron chi connectivity index (χ4n) is 3.30. The van der Waals surface area contributed by atoms with E-state index >= 15 is 0 Å². The number of benzene rings is 2. The number of aromatic nitrogens is 3. The van der Waals surface area contributed by atoms with Crippen molar-refractivity contribution >= 4 is 24.0 Å². The van der Waals surface area contributed by atoms with Crippen LogP contribution in [0.3, 0.4) is 0 Å². The van der Waals surface area contributed by atoms with Crippen molar-refractivity contribution in [3.63, 3.8) is 0 Å². The van der Waals surface area contributed by atoms with Gasteiger partial charge < -0.3 is 10.3 Å². The molecule has 1 aromatic heterocycles. The van der Waals surface area contributed by atoms with E-state index in [1.54, 1.807) is 27.9 Å². The molecule has 1 amide bonds. The number of hydrogen-bond acceptors (Lipinski definition) is 5. The lowest BCUT2D eigenvalue weighted by Gasteiger charge is -2.30. The summed E-state index contributed by atoms with van der Waals surface area (Å²) in [4.78, 5) is 16.7.